The number of pyridine rings is 1. The number of aliphatic imine (C=N–C) groups is 1. The monoisotopic (exact) mass is 427 g/mol. The van der Waals surface area contributed by atoms with Gasteiger partial charge < -0.3 is 16.9 Å². The third kappa shape index (κ3) is 4.83. The minimum Gasteiger partial charge on any atom is -0.383 e. The summed E-state index contributed by atoms with van der Waals surface area (Å²) in [5.41, 5.74) is 6.50. The molecule has 11 heteroatoms. The number of nitrogens with zero attached hydrogens (tertiary/aromatic N) is 4. The Bertz CT molecular complexity index is 1210. The lowest BCUT2D eigenvalue weighted by Gasteiger charge is -2.10. The van der Waals surface area contributed by atoms with Gasteiger partial charge in [-0.25, -0.2) is 23.1 Å². The predicted octanol–water partition coefficient (Wildman–Crippen LogP) is 4.11. The first-order valence-corrected chi connectivity index (χ1v) is 8.77. The van der Waals surface area contributed by atoms with Gasteiger partial charge in [0.25, 0.3) is 0 Å². The molecule has 31 heavy (non-hydrogen) atoms. The van der Waals surface area contributed by atoms with Crippen LogP contribution in [0.3, 0.4) is 0 Å². The molecule has 5 N–H and O–H groups in total. The van der Waals surface area contributed by atoms with Gasteiger partial charge in [0.05, 0.1) is 11.3 Å². The fraction of sp³-hybridized carbons (Fsp3) is 0.0500. The van der Waals surface area contributed by atoms with Gasteiger partial charge in [0.15, 0.2) is 17.5 Å². The number of anilines is 2. The van der Waals surface area contributed by atoms with E-state index < -0.39 is 23.4 Å². The molecule has 1 aromatic heterocycles. The van der Waals surface area contributed by atoms with Gasteiger partial charge in [-0.05, 0) is 35.9 Å². The standard InChI is InChI=1S/C20H16F3N7O/c1-10(31)27-16-6-5-11(8-15(16)22)12-7-13(19(24)26-9-12)20(29-30-25)28-17-4-2-3-14(21)18(17)23/h2-9H,1H3,(H2,24,26)(H,27,31)(H2,25,28,29). The zero-order valence-electron chi connectivity index (χ0n) is 16.1. The lowest BCUT2D eigenvalue weighted by Crippen LogP contribution is -2.07. The summed E-state index contributed by atoms with van der Waals surface area (Å²) in [6, 6.07) is 9.04. The van der Waals surface area contributed by atoms with Crippen LogP contribution >= 0.6 is 0 Å². The second-order valence-electron chi connectivity index (χ2n) is 6.26. The summed E-state index contributed by atoms with van der Waals surface area (Å²) in [5, 5.41) is 9.16. The van der Waals surface area contributed by atoms with Crippen molar-refractivity contribution in [2.75, 3.05) is 11.1 Å². The van der Waals surface area contributed by atoms with Crippen LogP contribution in [0.25, 0.3) is 11.1 Å². The van der Waals surface area contributed by atoms with Gasteiger partial charge in [0.1, 0.15) is 17.3 Å². The van der Waals surface area contributed by atoms with Gasteiger partial charge in [-0.15, -0.1) is 5.11 Å². The number of carbonyl (C=O) groups excluding carboxylic acids is 1. The number of hydrogen-bond acceptors (Lipinski definition) is 5. The maximum atomic E-state index is 14.3. The van der Waals surface area contributed by atoms with Crippen molar-refractivity contribution in [1.82, 2.24) is 4.98 Å². The van der Waals surface area contributed by atoms with Gasteiger partial charge in [-0.3, -0.25) is 4.79 Å². The number of amides is 1. The molecular formula is C20H16F3N7O. The number of nitrogens with one attached hydrogen (secondary N) is 1. The predicted molar refractivity (Wildman–Crippen MR) is 110 cm³/mol. The van der Waals surface area contributed by atoms with Crippen molar-refractivity contribution >= 4 is 28.9 Å². The molecule has 3 aromatic rings. The lowest BCUT2D eigenvalue weighted by atomic mass is 10.0. The topological polar surface area (TPSA) is 131 Å². The first-order valence-electron chi connectivity index (χ1n) is 8.77. The third-order valence-electron chi connectivity index (χ3n) is 4.08. The highest BCUT2D eigenvalue weighted by Gasteiger charge is 2.15. The summed E-state index contributed by atoms with van der Waals surface area (Å²) in [4.78, 5) is 19.1. The number of hydrogen-bond donors (Lipinski definition) is 3. The van der Waals surface area contributed by atoms with Crippen LogP contribution in [0.15, 0.2) is 64.0 Å². The molecule has 0 unspecified atom stereocenters. The van der Waals surface area contributed by atoms with Crippen molar-refractivity contribution in [3.05, 3.63) is 71.7 Å². The van der Waals surface area contributed by atoms with Crippen molar-refractivity contribution in [1.29, 1.82) is 0 Å². The molecule has 0 aliphatic heterocycles. The fourth-order valence-corrected chi connectivity index (χ4v) is 2.68. The molecule has 3 rings (SSSR count). The van der Waals surface area contributed by atoms with Crippen LogP contribution in [-0.2, 0) is 4.79 Å². The van der Waals surface area contributed by atoms with Gasteiger partial charge in [-0.1, -0.05) is 17.4 Å². The number of nitrogens with two attached hydrogens (primary N) is 2. The number of halogens is 3. The number of rotatable bonds is 4. The third-order valence-corrected chi connectivity index (χ3v) is 4.08. The molecule has 1 heterocycles. The zero-order chi connectivity index (χ0) is 22.5. The number of aromatic nitrogens is 1. The molecule has 0 bridgehead atoms. The van der Waals surface area contributed by atoms with Crippen molar-refractivity contribution in [2.24, 2.45) is 21.2 Å². The van der Waals surface area contributed by atoms with E-state index in [1.165, 1.54) is 43.5 Å². The van der Waals surface area contributed by atoms with Crippen molar-refractivity contribution in [2.45, 2.75) is 6.92 Å². The van der Waals surface area contributed by atoms with E-state index in [1.807, 2.05) is 0 Å². The summed E-state index contributed by atoms with van der Waals surface area (Å²) in [5.74, 6) is 1.49. The Morgan fingerprint density at radius 1 is 1.06 bits per heavy atom. The molecule has 1 amide bonds. The van der Waals surface area contributed by atoms with Crippen LogP contribution in [0, 0.1) is 17.5 Å². The second-order valence-corrected chi connectivity index (χ2v) is 6.26. The molecule has 158 valence electrons. The number of benzene rings is 2. The van der Waals surface area contributed by atoms with E-state index in [1.54, 1.807) is 6.07 Å². The Hall–Kier alpha value is -4.28. The van der Waals surface area contributed by atoms with E-state index in [2.05, 4.69) is 25.6 Å². The van der Waals surface area contributed by atoms with Crippen molar-refractivity contribution in [3.63, 3.8) is 0 Å². The van der Waals surface area contributed by atoms with Crippen LogP contribution in [-0.4, -0.2) is 16.7 Å². The Balaban J connectivity index is 2.08. The van der Waals surface area contributed by atoms with E-state index >= 15 is 0 Å². The minimum atomic E-state index is -1.19. The average Bonchev–Trinajstić information content (AvgIpc) is 2.72. The molecule has 0 aliphatic rings. The molecule has 0 atom stereocenters. The molecule has 2 aromatic carbocycles. The molecular weight excluding hydrogens is 411 g/mol. The van der Waals surface area contributed by atoms with E-state index in [9.17, 15) is 18.0 Å². The summed E-state index contributed by atoms with van der Waals surface area (Å²) >= 11 is 0. The summed E-state index contributed by atoms with van der Waals surface area (Å²) < 4.78 is 41.9. The average molecular weight is 427 g/mol. The molecule has 0 spiro atoms. The quantitative estimate of drug-likeness (QED) is 0.190. The van der Waals surface area contributed by atoms with Crippen LogP contribution in [0.1, 0.15) is 12.5 Å². The maximum Gasteiger partial charge on any atom is 0.221 e. The molecule has 0 aliphatic carbocycles. The zero-order valence-corrected chi connectivity index (χ0v) is 16.1. The largest absolute Gasteiger partial charge is 0.383 e. The van der Waals surface area contributed by atoms with Crippen molar-refractivity contribution < 1.29 is 18.0 Å². The fourth-order valence-electron chi connectivity index (χ4n) is 2.68. The maximum absolute atomic E-state index is 14.3. The SMILES string of the molecule is CC(=O)Nc1ccc(-c2cnc(N)c(C(N=NN)=Nc3cccc(F)c3F)c2)cc1F. The van der Waals surface area contributed by atoms with Crippen LogP contribution in [0.5, 0.6) is 0 Å². The Labute approximate surface area is 174 Å². The number of carbonyl (C=O) groups is 1. The summed E-state index contributed by atoms with van der Waals surface area (Å²) in [6.07, 6.45) is 1.38. The first-order chi connectivity index (χ1) is 14.8. The molecule has 8 nitrogen and oxygen atoms in total. The van der Waals surface area contributed by atoms with Crippen LogP contribution in [0.2, 0.25) is 0 Å². The molecule has 0 radical (unpaired) electrons. The lowest BCUT2D eigenvalue weighted by molar-refractivity contribution is -0.114. The second kappa shape index (κ2) is 9.03. The summed E-state index contributed by atoms with van der Waals surface area (Å²) in [6.45, 7) is 1.26. The van der Waals surface area contributed by atoms with Gasteiger partial charge in [0, 0.05) is 18.7 Å². The number of nitrogen functional groups attached to an aromatic ring is 1. The summed E-state index contributed by atoms with van der Waals surface area (Å²) in [7, 11) is 0. The smallest absolute Gasteiger partial charge is 0.221 e. The van der Waals surface area contributed by atoms with Crippen molar-refractivity contribution in [3.8, 4) is 11.1 Å². The molecule has 0 fully saturated rings. The Kier molecular flexibility index (Phi) is 6.24. The first kappa shape index (κ1) is 21.4. The minimum absolute atomic E-state index is 0.0145. The van der Waals surface area contributed by atoms with Crippen LogP contribution < -0.4 is 16.9 Å². The van der Waals surface area contributed by atoms with E-state index in [-0.39, 0.29) is 28.6 Å². The van der Waals surface area contributed by atoms with Gasteiger partial charge in [0.2, 0.25) is 5.91 Å². The molecule has 0 saturated heterocycles. The van der Waals surface area contributed by atoms with E-state index in [0.717, 1.165) is 6.07 Å². The van der Waals surface area contributed by atoms with E-state index in [4.69, 9.17) is 11.6 Å². The Morgan fingerprint density at radius 2 is 1.84 bits per heavy atom. The highest BCUT2D eigenvalue weighted by Crippen LogP contribution is 2.28. The van der Waals surface area contributed by atoms with E-state index in [0.29, 0.717) is 11.1 Å². The van der Waals surface area contributed by atoms with Gasteiger partial charge in [-0.2, -0.15) is 0 Å². The molecule has 0 saturated carbocycles. The highest BCUT2D eigenvalue weighted by molar-refractivity contribution is 6.05. The van der Waals surface area contributed by atoms with Gasteiger partial charge >= 0.3 is 0 Å². The Morgan fingerprint density at radius 3 is 2.52 bits per heavy atom. The highest BCUT2D eigenvalue weighted by atomic mass is 19.2. The normalized spacial score (nSPS) is 11.7. The van der Waals surface area contributed by atoms with Crippen LogP contribution in [0.4, 0.5) is 30.4 Å². The number of amidine groups is 1.